The Hall–Kier alpha value is -3.43. The van der Waals surface area contributed by atoms with Crippen molar-refractivity contribution in [1.29, 1.82) is 0 Å². The van der Waals surface area contributed by atoms with Gasteiger partial charge in [-0.1, -0.05) is 0 Å². The zero-order chi connectivity index (χ0) is 19.8. The van der Waals surface area contributed by atoms with E-state index in [1.807, 2.05) is 0 Å². The van der Waals surface area contributed by atoms with Crippen molar-refractivity contribution < 1.29 is 22.4 Å². The summed E-state index contributed by atoms with van der Waals surface area (Å²) < 4.78 is 51.8. The molecular weight excluding hydrogens is 370 g/mol. The molecule has 0 spiro atoms. The summed E-state index contributed by atoms with van der Waals surface area (Å²) in [4.78, 5) is 38.1. The lowest BCUT2D eigenvalue weighted by Gasteiger charge is -2.11. The molecule has 6 nitrogen and oxygen atoms in total. The molecule has 140 valence electrons. The summed E-state index contributed by atoms with van der Waals surface area (Å²) in [5.74, 6) is -1.38. The van der Waals surface area contributed by atoms with E-state index < -0.39 is 41.1 Å². The van der Waals surface area contributed by atoms with Gasteiger partial charge in [0, 0.05) is 5.69 Å². The molecule has 0 aliphatic rings. The van der Waals surface area contributed by atoms with Crippen LogP contribution in [-0.2, 0) is 17.5 Å². The topological polar surface area (TPSA) is 84.0 Å². The van der Waals surface area contributed by atoms with E-state index in [4.69, 9.17) is 0 Å². The molecule has 0 bridgehead atoms. The van der Waals surface area contributed by atoms with Crippen molar-refractivity contribution in [3.05, 3.63) is 74.6 Å². The highest BCUT2D eigenvalue weighted by molar-refractivity contribution is 5.91. The number of amides is 1. The third-order valence-electron chi connectivity index (χ3n) is 3.73. The van der Waals surface area contributed by atoms with Crippen LogP contribution in [0.5, 0.6) is 0 Å². The van der Waals surface area contributed by atoms with Crippen LogP contribution >= 0.6 is 0 Å². The van der Waals surface area contributed by atoms with E-state index in [0.29, 0.717) is 0 Å². The minimum Gasteiger partial charge on any atom is -0.325 e. The number of nitrogens with one attached hydrogen (secondary N) is 2. The lowest BCUT2D eigenvalue weighted by molar-refractivity contribution is -0.137. The summed E-state index contributed by atoms with van der Waals surface area (Å²) >= 11 is 0. The number of hydrogen-bond donors (Lipinski definition) is 2. The molecule has 27 heavy (non-hydrogen) atoms. The molecular formula is C17H11F4N3O3. The van der Waals surface area contributed by atoms with Gasteiger partial charge in [0.1, 0.15) is 12.4 Å². The predicted molar refractivity (Wildman–Crippen MR) is 88.9 cm³/mol. The number of rotatable bonds is 3. The van der Waals surface area contributed by atoms with Crippen LogP contribution in [0.3, 0.4) is 0 Å². The lowest BCUT2D eigenvalue weighted by atomic mass is 10.2. The quantitative estimate of drug-likeness (QED) is 0.540. The second-order valence-corrected chi connectivity index (χ2v) is 5.63. The van der Waals surface area contributed by atoms with Gasteiger partial charge in [0.2, 0.25) is 5.91 Å². The first-order chi connectivity index (χ1) is 12.6. The molecule has 0 fully saturated rings. The second-order valence-electron chi connectivity index (χ2n) is 5.63. The molecule has 1 aromatic heterocycles. The molecule has 0 radical (unpaired) electrons. The van der Waals surface area contributed by atoms with Gasteiger partial charge in [-0.05, 0) is 42.5 Å². The SMILES string of the molecule is O=C(Cn1c(=O)c(=O)[nH]c2cc(F)ccc21)Nc1ccc(C(F)(F)F)cc1. The zero-order valence-corrected chi connectivity index (χ0v) is 13.4. The smallest absolute Gasteiger partial charge is 0.325 e. The summed E-state index contributed by atoms with van der Waals surface area (Å²) in [6.07, 6.45) is -4.50. The van der Waals surface area contributed by atoms with Crippen molar-refractivity contribution >= 4 is 22.6 Å². The summed E-state index contributed by atoms with van der Waals surface area (Å²) in [6, 6.07) is 7.02. The van der Waals surface area contributed by atoms with E-state index in [1.165, 1.54) is 6.07 Å². The number of alkyl halides is 3. The molecule has 0 saturated heterocycles. The molecule has 3 aromatic rings. The van der Waals surface area contributed by atoms with Crippen molar-refractivity contribution in [2.75, 3.05) is 5.32 Å². The Bertz CT molecular complexity index is 1130. The highest BCUT2D eigenvalue weighted by Crippen LogP contribution is 2.29. The van der Waals surface area contributed by atoms with Gasteiger partial charge in [-0.3, -0.25) is 19.0 Å². The second kappa shape index (κ2) is 6.71. The van der Waals surface area contributed by atoms with Crippen LogP contribution in [0.1, 0.15) is 5.56 Å². The summed E-state index contributed by atoms with van der Waals surface area (Å²) in [7, 11) is 0. The largest absolute Gasteiger partial charge is 0.416 e. The Morgan fingerprint density at radius 2 is 1.74 bits per heavy atom. The van der Waals surface area contributed by atoms with Crippen molar-refractivity contribution in [3.63, 3.8) is 0 Å². The van der Waals surface area contributed by atoms with Crippen LogP contribution in [0.25, 0.3) is 11.0 Å². The van der Waals surface area contributed by atoms with Crippen molar-refractivity contribution in [1.82, 2.24) is 9.55 Å². The first kappa shape index (κ1) is 18.4. The Kier molecular flexibility index (Phi) is 4.56. The van der Waals surface area contributed by atoms with E-state index in [1.54, 1.807) is 0 Å². The molecule has 0 aliphatic carbocycles. The van der Waals surface area contributed by atoms with Gasteiger partial charge in [-0.2, -0.15) is 13.2 Å². The molecule has 0 unspecified atom stereocenters. The van der Waals surface area contributed by atoms with Gasteiger partial charge < -0.3 is 10.3 Å². The number of nitrogens with zero attached hydrogens (tertiary/aromatic N) is 1. The third-order valence-corrected chi connectivity index (χ3v) is 3.73. The van der Waals surface area contributed by atoms with Gasteiger partial charge >= 0.3 is 17.3 Å². The number of benzene rings is 2. The van der Waals surface area contributed by atoms with E-state index in [0.717, 1.165) is 41.0 Å². The van der Waals surface area contributed by atoms with Crippen molar-refractivity contribution in [3.8, 4) is 0 Å². The molecule has 3 rings (SSSR count). The molecule has 1 heterocycles. The maximum absolute atomic E-state index is 13.3. The fourth-order valence-electron chi connectivity index (χ4n) is 2.50. The summed E-state index contributed by atoms with van der Waals surface area (Å²) in [5, 5.41) is 2.34. The molecule has 1 amide bonds. The number of H-pyrrole nitrogens is 1. The maximum Gasteiger partial charge on any atom is 0.416 e. The zero-order valence-electron chi connectivity index (χ0n) is 13.4. The number of halogens is 4. The molecule has 2 N–H and O–H groups in total. The third kappa shape index (κ3) is 3.89. The van der Waals surface area contributed by atoms with Gasteiger partial charge in [-0.15, -0.1) is 0 Å². The Balaban J connectivity index is 1.87. The van der Waals surface area contributed by atoms with Crippen LogP contribution in [0.2, 0.25) is 0 Å². The lowest BCUT2D eigenvalue weighted by Crippen LogP contribution is -2.38. The Morgan fingerprint density at radius 3 is 2.37 bits per heavy atom. The summed E-state index contributed by atoms with van der Waals surface area (Å²) in [6.45, 7) is -0.577. The van der Waals surface area contributed by atoms with E-state index >= 15 is 0 Å². The van der Waals surface area contributed by atoms with Crippen LogP contribution in [0.4, 0.5) is 23.2 Å². The van der Waals surface area contributed by atoms with Crippen molar-refractivity contribution in [2.24, 2.45) is 0 Å². The standard InChI is InChI=1S/C17H11F4N3O3/c18-10-3-6-13-12(7-10)23-15(26)16(27)24(13)8-14(25)22-11-4-1-9(2-5-11)17(19,20)21/h1-7H,8H2,(H,22,25)(H,23,26). The average Bonchev–Trinajstić information content (AvgIpc) is 2.58. The molecule has 0 atom stereocenters. The fraction of sp³-hybridized carbons (Fsp3) is 0.118. The van der Waals surface area contributed by atoms with Gasteiger partial charge in [0.15, 0.2) is 0 Å². The van der Waals surface area contributed by atoms with Gasteiger partial charge in [-0.25, -0.2) is 4.39 Å². The number of hydrogen-bond acceptors (Lipinski definition) is 3. The molecule has 10 heteroatoms. The normalized spacial score (nSPS) is 11.6. The van der Waals surface area contributed by atoms with E-state index in [2.05, 4.69) is 10.3 Å². The number of carbonyl (C=O) groups excluding carboxylic acids is 1. The predicted octanol–water partition coefficient (Wildman–Crippen LogP) is 2.49. The van der Waals surface area contributed by atoms with Gasteiger partial charge in [0.25, 0.3) is 0 Å². The van der Waals surface area contributed by atoms with Crippen LogP contribution in [0.15, 0.2) is 52.1 Å². The van der Waals surface area contributed by atoms with Crippen molar-refractivity contribution in [2.45, 2.75) is 12.7 Å². The highest BCUT2D eigenvalue weighted by Gasteiger charge is 2.30. The number of anilines is 1. The van der Waals surface area contributed by atoms with Crippen LogP contribution in [0, 0.1) is 5.82 Å². The number of carbonyl (C=O) groups is 1. The molecule has 0 saturated carbocycles. The highest BCUT2D eigenvalue weighted by atomic mass is 19.4. The molecule has 0 aliphatic heterocycles. The number of aromatic nitrogens is 2. The average molecular weight is 381 g/mol. The number of fused-ring (bicyclic) bond motifs is 1. The Labute approximate surface area is 148 Å². The Morgan fingerprint density at radius 1 is 1.07 bits per heavy atom. The minimum atomic E-state index is -4.50. The van der Waals surface area contributed by atoms with E-state index in [9.17, 15) is 31.9 Å². The fourth-order valence-corrected chi connectivity index (χ4v) is 2.50. The molecule has 2 aromatic carbocycles. The maximum atomic E-state index is 13.3. The monoisotopic (exact) mass is 381 g/mol. The summed E-state index contributed by atoms with van der Waals surface area (Å²) in [5.41, 5.74) is -2.68. The van der Waals surface area contributed by atoms with Crippen LogP contribution in [-0.4, -0.2) is 15.5 Å². The first-order valence-electron chi connectivity index (χ1n) is 7.54. The number of aromatic amines is 1. The van der Waals surface area contributed by atoms with Gasteiger partial charge in [0.05, 0.1) is 16.6 Å². The van der Waals surface area contributed by atoms with E-state index in [-0.39, 0.29) is 16.7 Å². The van der Waals surface area contributed by atoms with Crippen LogP contribution < -0.4 is 16.4 Å². The minimum absolute atomic E-state index is 0.0296. The first-order valence-corrected chi connectivity index (χ1v) is 7.54.